The Kier molecular flexibility index (Phi) is 5.30. The normalized spacial score (nSPS) is 16.4. The number of urea groups is 1. The Hall–Kier alpha value is -2.86. The quantitative estimate of drug-likeness (QED) is 0.692. The van der Waals surface area contributed by atoms with E-state index in [2.05, 4.69) is 40.4 Å². The number of aromatic nitrogens is 2. The van der Waals surface area contributed by atoms with E-state index in [9.17, 15) is 4.79 Å². The van der Waals surface area contributed by atoms with Crippen LogP contribution in [0.25, 0.3) is 11.0 Å². The zero-order valence-corrected chi connectivity index (χ0v) is 16.4. The van der Waals surface area contributed by atoms with E-state index in [-0.39, 0.29) is 12.1 Å². The number of hydrogen-bond donors (Lipinski definition) is 2. The van der Waals surface area contributed by atoms with E-state index >= 15 is 0 Å². The number of fused-ring (bicyclic) bond motifs is 1. The van der Waals surface area contributed by atoms with Gasteiger partial charge in [-0.2, -0.15) is 0 Å². The van der Waals surface area contributed by atoms with Crippen molar-refractivity contribution in [3.8, 4) is 0 Å². The summed E-state index contributed by atoms with van der Waals surface area (Å²) in [5.74, 6) is 0.859. The van der Waals surface area contributed by atoms with Gasteiger partial charge in [0, 0.05) is 25.4 Å². The van der Waals surface area contributed by atoms with Crippen molar-refractivity contribution < 1.29 is 9.53 Å². The predicted molar refractivity (Wildman–Crippen MR) is 110 cm³/mol. The standard InChI is InChI=1S/C22H26N4O2/c1-15-5-3-6-17(11-15)13-26(14-19-7-4-10-28-19)22(27)25-18-8-9-20-21(12-18)24-16(2)23-20/h3,5-6,8-9,11-12,19H,4,7,10,13-14H2,1-2H3,(H,23,24)(H,25,27)/t19-/m0/s1. The largest absolute Gasteiger partial charge is 0.376 e. The molecule has 2 amide bonds. The number of amides is 2. The molecule has 1 fully saturated rings. The number of aryl methyl sites for hydroxylation is 2. The molecule has 28 heavy (non-hydrogen) atoms. The highest BCUT2D eigenvalue weighted by molar-refractivity contribution is 5.92. The lowest BCUT2D eigenvalue weighted by molar-refractivity contribution is 0.0819. The first-order valence-electron chi connectivity index (χ1n) is 9.76. The van der Waals surface area contributed by atoms with Gasteiger partial charge < -0.3 is 19.9 Å². The Morgan fingerprint density at radius 1 is 1.29 bits per heavy atom. The van der Waals surface area contributed by atoms with Gasteiger partial charge in [0.05, 0.1) is 17.1 Å². The molecule has 6 heteroatoms. The molecule has 0 radical (unpaired) electrons. The van der Waals surface area contributed by atoms with Crippen molar-refractivity contribution in [1.82, 2.24) is 14.9 Å². The number of benzene rings is 2. The third-order valence-corrected chi connectivity index (χ3v) is 5.04. The molecule has 1 atom stereocenters. The van der Waals surface area contributed by atoms with Crippen LogP contribution in [0.3, 0.4) is 0 Å². The smallest absolute Gasteiger partial charge is 0.322 e. The number of rotatable bonds is 5. The number of ether oxygens (including phenoxy) is 1. The van der Waals surface area contributed by atoms with Gasteiger partial charge in [-0.1, -0.05) is 29.8 Å². The molecule has 4 rings (SSSR count). The van der Waals surface area contributed by atoms with Gasteiger partial charge in [-0.15, -0.1) is 0 Å². The van der Waals surface area contributed by atoms with E-state index in [4.69, 9.17) is 4.74 Å². The zero-order chi connectivity index (χ0) is 19.5. The maximum absolute atomic E-state index is 13.1. The summed E-state index contributed by atoms with van der Waals surface area (Å²) in [7, 11) is 0. The fourth-order valence-corrected chi connectivity index (χ4v) is 3.70. The van der Waals surface area contributed by atoms with Gasteiger partial charge in [0.25, 0.3) is 0 Å². The van der Waals surface area contributed by atoms with Gasteiger partial charge in [0.1, 0.15) is 5.82 Å². The number of carbonyl (C=O) groups is 1. The minimum absolute atomic E-state index is 0.105. The molecule has 3 aromatic rings. The molecule has 1 aliphatic rings. The second kappa shape index (κ2) is 8.02. The number of carbonyl (C=O) groups excluding carboxylic acids is 1. The molecule has 0 bridgehead atoms. The van der Waals surface area contributed by atoms with Crippen molar-refractivity contribution in [2.45, 2.75) is 39.3 Å². The van der Waals surface area contributed by atoms with Crippen molar-refractivity contribution >= 4 is 22.8 Å². The Bertz CT molecular complexity index is 976. The molecule has 0 saturated carbocycles. The molecular weight excluding hydrogens is 352 g/mol. The molecule has 2 N–H and O–H groups in total. The summed E-state index contributed by atoms with van der Waals surface area (Å²) in [4.78, 5) is 22.5. The number of nitrogens with one attached hydrogen (secondary N) is 2. The minimum atomic E-state index is -0.118. The number of imidazole rings is 1. The Labute approximate surface area is 164 Å². The van der Waals surface area contributed by atoms with E-state index in [0.717, 1.165) is 47.6 Å². The fraction of sp³-hybridized carbons (Fsp3) is 0.364. The summed E-state index contributed by atoms with van der Waals surface area (Å²) >= 11 is 0. The predicted octanol–water partition coefficient (Wildman–Crippen LogP) is 4.39. The zero-order valence-electron chi connectivity index (χ0n) is 16.4. The highest BCUT2D eigenvalue weighted by atomic mass is 16.5. The third-order valence-electron chi connectivity index (χ3n) is 5.04. The molecule has 2 heterocycles. The first-order chi connectivity index (χ1) is 13.6. The summed E-state index contributed by atoms with van der Waals surface area (Å²) in [6, 6.07) is 13.9. The highest BCUT2D eigenvalue weighted by Gasteiger charge is 2.23. The molecule has 1 saturated heterocycles. The van der Waals surface area contributed by atoms with Crippen LogP contribution in [0.15, 0.2) is 42.5 Å². The SMILES string of the molecule is Cc1cccc(CN(C[C@@H]2CCCO2)C(=O)Nc2ccc3nc(C)[nH]c3c2)c1. The topological polar surface area (TPSA) is 70.2 Å². The summed E-state index contributed by atoms with van der Waals surface area (Å²) in [6.07, 6.45) is 2.16. The molecule has 1 aromatic heterocycles. The average Bonchev–Trinajstić information content (AvgIpc) is 3.29. The number of nitrogens with zero attached hydrogens (tertiary/aromatic N) is 2. The molecule has 0 unspecified atom stereocenters. The van der Waals surface area contributed by atoms with Crippen molar-refractivity contribution in [3.63, 3.8) is 0 Å². The van der Waals surface area contributed by atoms with Gasteiger partial charge >= 0.3 is 6.03 Å². The van der Waals surface area contributed by atoms with E-state index in [1.54, 1.807) is 0 Å². The molecule has 146 valence electrons. The number of H-pyrrole nitrogens is 1. The van der Waals surface area contributed by atoms with Crippen LogP contribution in [-0.2, 0) is 11.3 Å². The van der Waals surface area contributed by atoms with Gasteiger partial charge in [-0.05, 0) is 50.5 Å². The molecule has 0 aliphatic carbocycles. The summed E-state index contributed by atoms with van der Waals surface area (Å²) in [6.45, 7) is 5.91. The maximum atomic E-state index is 13.1. The van der Waals surface area contributed by atoms with Crippen molar-refractivity contribution in [3.05, 3.63) is 59.4 Å². The summed E-state index contributed by atoms with van der Waals surface area (Å²) in [5.41, 5.74) is 4.87. The number of anilines is 1. The molecular formula is C22H26N4O2. The highest BCUT2D eigenvalue weighted by Crippen LogP contribution is 2.20. The first-order valence-corrected chi connectivity index (χ1v) is 9.76. The number of hydrogen-bond acceptors (Lipinski definition) is 3. The lowest BCUT2D eigenvalue weighted by Crippen LogP contribution is -2.39. The van der Waals surface area contributed by atoms with Crippen LogP contribution in [0.4, 0.5) is 10.5 Å². The Morgan fingerprint density at radius 3 is 2.96 bits per heavy atom. The van der Waals surface area contributed by atoms with Gasteiger partial charge in [0.2, 0.25) is 0 Å². The summed E-state index contributed by atoms with van der Waals surface area (Å²) in [5, 5.41) is 3.04. The van der Waals surface area contributed by atoms with E-state index in [1.165, 1.54) is 5.56 Å². The lowest BCUT2D eigenvalue weighted by Gasteiger charge is -2.26. The van der Waals surface area contributed by atoms with E-state index in [0.29, 0.717) is 13.1 Å². The molecule has 6 nitrogen and oxygen atoms in total. The van der Waals surface area contributed by atoms with Crippen molar-refractivity contribution in [2.75, 3.05) is 18.5 Å². The van der Waals surface area contributed by atoms with Crippen LogP contribution in [-0.4, -0.2) is 40.2 Å². The Morgan fingerprint density at radius 2 is 2.18 bits per heavy atom. The molecule has 1 aliphatic heterocycles. The van der Waals surface area contributed by atoms with Crippen LogP contribution in [0.2, 0.25) is 0 Å². The van der Waals surface area contributed by atoms with E-state index < -0.39 is 0 Å². The third kappa shape index (κ3) is 4.34. The van der Waals surface area contributed by atoms with Crippen LogP contribution < -0.4 is 5.32 Å². The second-order valence-electron chi connectivity index (χ2n) is 7.49. The van der Waals surface area contributed by atoms with Crippen LogP contribution in [0, 0.1) is 13.8 Å². The van der Waals surface area contributed by atoms with Crippen molar-refractivity contribution in [2.24, 2.45) is 0 Å². The minimum Gasteiger partial charge on any atom is -0.376 e. The monoisotopic (exact) mass is 378 g/mol. The molecule has 0 spiro atoms. The van der Waals surface area contributed by atoms with Crippen LogP contribution in [0.1, 0.15) is 29.8 Å². The maximum Gasteiger partial charge on any atom is 0.322 e. The van der Waals surface area contributed by atoms with Gasteiger partial charge in [-0.3, -0.25) is 0 Å². The van der Waals surface area contributed by atoms with Gasteiger partial charge in [-0.25, -0.2) is 9.78 Å². The first kappa shape index (κ1) is 18.5. The van der Waals surface area contributed by atoms with E-state index in [1.807, 2.05) is 36.1 Å². The molecule has 2 aromatic carbocycles. The van der Waals surface area contributed by atoms with Gasteiger partial charge in [0.15, 0.2) is 0 Å². The van der Waals surface area contributed by atoms with Crippen LogP contribution in [0.5, 0.6) is 0 Å². The van der Waals surface area contributed by atoms with Crippen LogP contribution >= 0.6 is 0 Å². The fourth-order valence-electron chi connectivity index (χ4n) is 3.70. The lowest BCUT2D eigenvalue weighted by atomic mass is 10.1. The van der Waals surface area contributed by atoms with Crippen molar-refractivity contribution in [1.29, 1.82) is 0 Å². The average molecular weight is 378 g/mol. The second-order valence-corrected chi connectivity index (χ2v) is 7.49. The summed E-state index contributed by atoms with van der Waals surface area (Å²) < 4.78 is 5.77. The Balaban J connectivity index is 1.52. The number of aromatic amines is 1.